The summed E-state index contributed by atoms with van der Waals surface area (Å²) in [5, 5.41) is 12.5. The molecule has 0 unspecified atom stereocenters. The highest BCUT2D eigenvalue weighted by Gasteiger charge is 2.11. The van der Waals surface area contributed by atoms with Gasteiger partial charge in [0.25, 0.3) is 5.91 Å². The highest BCUT2D eigenvalue weighted by Crippen LogP contribution is 2.27. The van der Waals surface area contributed by atoms with E-state index in [2.05, 4.69) is 5.32 Å². The summed E-state index contributed by atoms with van der Waals surface area (Å²) in [6.45, 7) is 0.392. The number of methoxy groups -OCH3 is 1. The first kappa shape index (κ1) is 21.0. The van der Waals surface area contributed by atoms with Crippen LogP contribution in [0.1, 0.15) is 11.1 Å². The summed E-state index contributed by atoms with van der Waals surface area (Å²) < 4.78 is 10.8. The van der Waals surface area contributed by atoms with E-state index in [1.165, 1.54) is 6.08 Å². The van der Waals surface area contributed by atoms with Gasteiger partial charge in [0.2, 0.25) is 0 Å². The van der Waals surface area contributed by atoms with Crippen LogP contribution in [0.25, 0.3) is 6.08 Å². The summed E-state index contributed by atoms with van der Waals surface area (Å²) >= 11 is 6.31. The van der Waals surface area contributed by atoms with Crippen LogP contribution in [0.15, 0.2) is 78.4 Å². The van der Waals surface area contributed by atoms with Crippen LogP contribution in [0, 0.1) is 11.3 Å². The Morgan fingerprint density at radius 3 is 2.47 bits per heavy atom. The van der Waals surface area contributed by atoms with Gasteiger partial charge in [-0.1, -0.05) is 48.0 Å². The summed E-state index contributed by atoms with van der Waals surface area (Å²) in [4.78, 5) is 12.4. The van der Waals surface area contributed by atoms with Crippen LogP contribution in [0.5, 0.6) is 11.5 Å². The molecule has 3 aromatic carbocycles. The first-order chi connectivity index (χ1) is 14.6. The molecule has 1 N–H and O–H groups in total. The van der Waals surface area contributed by atoms with Crippen LogP contribution in [-0.4, -0.2) is 13.0 Å². The van der Waals surface area contributed by atoms with E-state index in [9.17, 15) is 10.1 Å². The Kier molecular flexibility index (Phi) is 7.09. The van der Waals surface area contributed by atoms with Crippen LogP contribution < -0.4 is 14.8 Å². The number of halogens is 1. The molecule has 6 heteroatoms. The first-order valence-electron chi connectivity index (χ1n) is 9.12. The van der Waals surface area contributed by atoms with Gasteiger partial charge in [0.15, 0.2) is 0 Å². The van der Waals surface area contributed by atoms with Gasteiger partial charge in [0.05, 0.1) is 12.1 Å². The summed E-state index contributed by atoms with van der Waals surface area (Å²) in [6.07, 6.45) is 1.48. The second kappa shape index (κ2) is 10.1. The lowest BCUT2D eigenvalue weighted by atomic mass is 10.1. The fourth-order valence-corrected chi connectivity index (χ4v) is 2.89. The van der Waals surface area contributed by atoms with Crippen molar-refractivity contribution in [1.82, 2.24) is 0 Å². The van der Waals surface area contributed by atoms with Crippen LogP contribution in [0.3, 0.4) is 0 Å². The number of anilines is 1. The molecule has 30 heavy (non-hydrogen) atoms. The second-order valence-corrected chi connectivity index (χ2v) is 6.72. The van der Waals surface area contributed by atoms with Crippen molar-refractivity contribution in [3.63, 3.8) is 0 Å². The largest absolute Gasteiger partial charge is 0.497 e. The normalized spacial score (nSPS) is 10.8. The van der Waals surface area contributed by atoms with E-state index in [1.807, 2.05) is 36.4 Å². The van der Waals surface area contributed by atoms with Crippen molar-refractivity contribution in [2.45, 2.75) is 6.61 Å². The molecule has 3 rings (SSSR count). The van der Waals surface area contributed by atoms with Crippen molar-refractivity contribution < 1.29 is 14.3 Å². The third-order valence-electron chi connectivity index (χ3n) is 4.22. The average Bonchev–Trinajstić information content (AvgIpc) is 2.78. The SMILES string of the molecule is COc1ccc(NC(=O)C(C#N)=Cc2ccc(OCc3ccccc3)c(Cl)c2)cc1. The molecule has 0 aromatic heterocycles. The Bertz CT molecular complexity index is 1090. The molecule has 5 nitrogen and oxygen atoms in total. The third kappa shape index (κ3) is 5.63. The van der Waals surface area contributed by atoms with Gasteiger partial charge in [-0.15, -0.1) is 0 Å². The predicted octanol–water partition coefficient (Wildman–Crippen LogP) is 5.47. The Morgan fingerprint density at radius 2 is 1.83 bits per heavy atom. The summed E-state index contributed by atoms with van der Waals surface area (Å²) in [5.41, 5.74) is 2.16. The molecule has 0 saturated heterocycles. The van der Waals surface area contributed by atoms with Gasteiger partial charge in [-0.3, -0.25) is 4.79 Å². The summed E-state index contributed by atoms with van der Waals surface area (Å²) in [7, 11) is 1.56. The maximum absolute atomic E-state index is 12.4. The van der Waals surface area contributed by atoms with E-state index >= 15 is 0 Å². The minimum atomic E-state index is -0.511. The third-order valence-corrected chi connectivity index (χ3v) is 4.51. The second-order valence-electron chi connectivity index (χ2n) is 6.32. The van der Waals surface area contributed by atoms with Crippen LogP contribution >= 0.6 is 11.6 Å². The fraction of sp³-hybridized carbons (Fsp3) is 0.0833. The highest BCUT2D eigenvalue weighted by molar-refractivity contribution is 6.32. The van der Waals surface area contributed by atoms with Gasteiger partial charge in [-0.05, 0) is 53.6 Å². The maximum Gasteiger partial charge on any atom is 0.266 e. The maximum atomic E-state index is 12.4. The number of nitriles is 1. The van der Waals surface area contributed by atoms with Crippen molar-refractivity contribution in [2.24, 2.45) is 0 Å². The van der Waals surface area contributed by atoms with Crippen LogP contribution in [0.2, 0.25) is 5.02 Å². The van der Waals surface area contributed by atoms with Crippen molar-refractivity contribution in [3.8, 4) is 17.6 Å². The van der Waals surface area contributed by atoms with Crippen LogP contribution in [-0.2, 0) is 11.4 Å². The highest BCUT2D eigenvalue weighted by atomic mass is 35.5. The summed E-state index contributed by atoms with van der Waals surface area (Å²) in [6, 6.07) is 23.6. The number of carbonyl (C=O) groups excluding carboxylic acids is 1. The monoisotopic (exact) mass is 418 g/mol. The molecule has 0 radical (unpaired) electrons. The number of carbonyl (C=O) groups is 1. The van der Waals surface area contributed by atoms with E-state index < -0.39 is 5.91 Å². The summed E-state index contributed by atoms with van der Waals surface area (Å²) in [5.74, 6) is 0.690. The molecule has 1 amide bonds. The van der Waals surface area contributed by atoms with E-state index in [1.54, 1.807) is 49.6 Å². The predicted molar refractivity (Wildman–Crippen MR) is 117 cm³/mol. The molecule has 150 valence electrons. The smallest absolute Gasteiger partial charge is 0.266 e. The standard InChI is InChI=1S/C24H19ClN2O3/c1-29-21-10-8-20(9-11-21)27-24(28)19(15-26)13-18-7-12-23(22(25)14-18)30-16-17-5-3-2-4-6-17/h2-14H,16H2,1H3,(H,27,28). The number of hydrogen-bond donors (Lipinski definition) is 1. The molecule has 0 aliphatic rings. The molecule has 0 fully saturated rings. The van der Waals surface area contributed by atoms with Crippen molar-refractivity contribution >= 4 is 29.3 Å². The fourth-order valence-electron chi connectivity index (χ4n) is 2.65. The molecule has 0 heterocycles. The van der Waals surface area contributed by atoms with Crippen molar-refractivity contribution in [2.75, 3.05) is 12.4 Å². The molecule has 0 aliphatic heterocycles. The van der Waals surface area contributed by atoms with Gasteiger partial charge in [-0.25, -0.2) is 0 Å². The van der Waals surface area contributed by atoms with E-state index in [0.717, 1.165) is 5.56 Å². The number of ether oxygens (including phenoxy) is 2. The topological polar surface area (TPSA) is 71.3 Å². The minimum Gasteiger partial charge on any atom is -0.497 e. The Labute approximate surface area is 180 Å². The van der Waals surface area contributed by atoms with Gasteiger partial charge in [-0.2, -0.15) is 5.26 Å². The molecular weight excluding hydrogens is 400 g/mol. The van der Waals surface area contributed by atoms with Crippen molar-refractivity contribution in [1.29, 1.82) is 5.26 Å². The van der Waals surface area contributed by atoms with Crippen LogP contribution in [0.4, 0.5) is 5.69 Å². The zero-order valence-electron chi connectivity index (χ0n) is 16.3. The average molecular weight is 419 g/mol. The number of nitrogens with zero attached hydrogens (tertiary/aromatic N) is 1. The number of amides is 1. The number of benzene rings is 3. The van der Waals surface area contributed by atoms with Gasteiger partial charge < -0.3 is 14.8 Å². The van der Waals surface area contributed by atoms with E-state index in [4.69, 9.17) is 21.1 Å². The quantitative estimate of drug-likeness (QED) is 0.407. The van der Waals surface area contributed by atoms with Gasteiger partial charge in [0, 0.05) is 5.69 Å². The van der Waals surface area contributed by atoms with Crippen molar-refractivity contribution in [3.05, 3.63) is 94.5 Å². The molecule has 0 saturated carbocycles. The first-order valence-corrected chi connectivity index (χ1v) is 9.50. The van der Waals surface area contributed by atoms with E-state index in [0.29, 0.717) is 34.4 Å². The molecule has 0 bridgehead atoms. The molecule has 3 aromatic rings. The van der Waals surface area contributed by atoms with E-state index in [-0.39, 0.29) is 5.57 Å². The molecule has 0 spiro atoms. The molecule has 0 aliphatic carbocycles. The van der Waals surface area contributed by atoms with Gasteiger partial charge in [0.1, 0.15) is 29.7 Å². The number of hydrogen-bond acceptors (Lipinski definition) is 4. The lowest BCUT2D eigenvalue weighted by molar-refractivity contribution is -0.112. The minimum absolute atomic E-state index is 0.0418. The zero-order valence-corrected chi connectivity index (χ0v) is 17.0. The molecule has 0 atom stereocenters. The Balaban J connectivity index is 1.69. The van der Waals surface area contributed by atoms with Gasteiger partial charge >= 0.3 is 0 Å². The Hall–Kier alpha value is -3.75. The lowest BCUT2D eigenvalue weighted by Crippen LogP contribution is -2.13. The number of nitrogens with one attached hydrogen (secondary N) is 1. The Morgan fingerprint density at radius 1 is 1.10 bits per heavy atom. The number of rotatable bonds is 7. The lowest BCUT2D eigenvalue weighted by Gasteiger charge is -2.09. The zero-order chi connectivity index (χ0) is 21.3. The molecular formula is C24H19ClN2O3.